The average Bonchev–Trinajstić information content (AvgIpc) is 3.40. The molecule has 4 aliphatic rings. The van der Waals surface area contributed by atoms with E-state index in [1.165, 1.54) is 6.07 Å². The highest BCUT2D eigenvalue weighted by Crippen LogP contribution is 2.43. The highest BCUT2D eigenvalue weighted by atomic mass is 19.4. The molecule has 6 nitrogen and oxygen atoms in total. The summed E-state index contributed by atoms with van der Waals surface area (Å²) in [6, 6.07) is 3.72. The summed E-state index contributed by atoms with van der Waals surface area (Å²) in [6.07, 6.45) is -1.84. The molecule has 1 aromatic carbocycles. The molecule has 0 bridgehead atoms. The summed E-state index contributed by atoms with van der Waals surface area (Å²) in [7, 11) is 0. The fraction of sp³-hybridized carbons (Fsp3) is 0.600. The van der Waals surface area contributed by atoms with Gasteiger partial charge in [-0.25, -0.2) is 4.79 Å². The van der Waals surface area contributed by atoms with E-state index < -0.39 is 23.3 Å². The van der Waals surface area contributed by atoms with Crippen molar-refractivity contribution in [1.29, 1.82) is 0 Å². The van der Waals surface area contributed by atoms with E-state index in [-0.39, 0.29) is 12.5 Å². The Morgan fingerprint density at radius 3 is 2.62 bits per heavy atom. The summed E-state index contributed by atoms with van der Waals surface area (Å²) in [5.41, 5.74) is 0.358. The fourth-order valence-corrected chi connectivity index (χ4v) is 5.71. The number of ether oxygens (including phenoxy) is 2. The number of halogens is 3. The minimum atomic E-state index is -4.44. The number of fused-ring (bicyclic) bond motifs is 1. The molecule has 1 atom stereocenters. The Morgan fingerprint density at radius 2 is 1.94 bits per heavy atom. The summed E-state index contributed by atoms with van der Waals surface area (Å²) < 4.78 is 50.9. The third kappa shape index (κ3) is 4.24. The van der Waals surface area contributed by atoms with Crippen LogP contribution in [-0.4, -0.2) is 66.7 Å². The second kappa shape index (κ2) is 8.68. The van der Waals surface area contributed by atoms with Gasteiger partial charge in [0.1, 0.15) is 5.60 Å². The average molecular weight is 479 g/mol. The van der Waals surface area contributed by atoms with Crippen LogP contribution in [0.2, 0.25) is 0 Å². The molecule has 1 amide bonds. The molecule has 1 aromatic rings. The SMILES string of the molecule is CC1=C(C(=O)N2CCc3ccc(C(F)(F)F)cc3C2)C2(CCN(CC3CCOC3)CC2)OC1=O. The minimum absolute atomic E-state index is 0.0902. The number of benzene rings is 1. The third-order valence-corrected chi connectivity index (χ3v) is 7.68. The van der Waals surface area contributed by atoms with Crippen molar-refractivity contribution in [2.45, 2.75) is 50.9 Å². The van der Waals surface area contributed by atoms with Crippen LogP contribution in [0.4, 0.5) is 13.2 Å². The first-order valence-corrected chi connectivity index (χ1v) is 11.9. The maximum atomic E-state index is 13.7. The number of likely N-dealkylation sites (tertiary alicyclic amines) is 1. The van der Waals surface area contributed by atoms with Gasteiger partial charge in [-0.05, 0) is 48.9 Å². The van der Waals surface area contributed by atoms with Gasteiger partial charge in [0.25, 0.3) is 5.91 Å². The van der Waals surface area contributed by atoms with Gasteiger partial charge in [0, 0.05) is 57.7 Å². The van der Waals surface area contributed by atoms with Crippen LogP contribution in [-0.2, 0) is 38.2 Å². The smallest absolute Gasteiger partial charge is 0.416 e. The summed E-state index contributed by atoms with van der Waals surface area (Å²) in [5.74, 6) is -0.268. The van der Waals surface area contributed by atoms with Crippen LogP contribution >= 0.6 is 0 Å². The zero-order chi connectivity index (χ0) is 24.1. The molecule has 4 aliphatic heterocycles. The number of hydrogen-bond acceptors (Lipinski definition) is 5. The lowest BCUT2D eigenvalue weighted by Gasteiger charge is -2.41. The molecule has 0 radical (unpaired) electrons. The molecule has 1 spiro atoms. The van der Waals surface area contributed by atoms with Gasteiger partial charge in [-0.2, -0.15) is 13.2 Å². The topological polar surface area (TPSA) is 59.1 Å². The largest absolute Gasteiger partial charge is 0.450 e. The molecule has 0 N–H and O–H groups in total. The van der Waals surface area contributed by atoms with Crippen molar-refractivity contribution in [2.75, 3.05) is 39.4 Å². The Hall–Kier alpha value is -2.39. The fourth-order valence-electron chi connectivity index (χ4n) is 5.71. The molecule has 0 aliphatic carbocycles. The summed E-state index contributed by atoms with van der Waals surface area (Å²) in [4.78, 5) is 30.1. The molecule has 34 heavy (non-hydrogen) atoms. The minimum Gasteiger partial charge on any atom is -0.450 e. The molecule has 0 aromatic heterocycles. The van der Waals surface area contributed by atoms with Gasteiger partial charge in [0.15, 0.2) is 0 Å². The standard InChI is InChI=1S/C25H29F3N2O4/c1-16-21(22(31)30-8-4-18-2-3-20(25(26,27)28)12-19(18)14-30)24(34-23(16)32)6-9-29(10-7-24)13-17-5-11-33-15-17/h2-3,12,17H,4-11,13-15H2,1H3. The quantitative estimate of drug-likeness (QED) is 0.624. The van der Waals surface area contributed by atoms with E-state index in [1.54, 1.807) is 11.8 Å². The lowest BCUT2D eigenvalue weighted by Crippen LogP contribution is -2.50. The van der Waals surface area contributed by atoms with Gasteiger partial charge in [-0.15, -0.1) is 0 Å². The van der Waals surface area contributed by atoms with Crippen molar-refractivity contribution in [3.63, 3.8) is 0 Å². The summed E-state index contributed by atoms with van der Waals surface area (Å²) >= 11 is 0. The maximum Gasteiger partial charge on any atom is 0.416 e. The summed E-state index contributed by atoms with van der Waals surface area (Å²) in [6.45, 7) is 6.03. The van der Waals surface area contributed by atoms with Gasteiger partial charge in [0.2, 0.25) is 0 Å². The normalized spacial score (nSPS) is 25.1. The molecule has 1 unspecified atom stereocenters. The zero-order valence-electron chi connectivity index (χ0n) is 19.2. The van der Waals surface area contributed by atoms with Gasteiger partial charge in [-0.1, -0.05) is 6.07 Å². The summed E-state index contributed by atoms with van der Waals surface area (Å²) in [5, 5.41) is 0. The first-order chi connectivity index (χ1) is 16.2. The molecule has 9 heteroatoms. The van der Waals surface area contributed by atoms with E-state index in [0.29, 0.717) is 61.5 Å². The monoisotopic (exact) mass is 478 g/mol. The van der Waals surface area contributed by atoms with Crippen molar-refractivity contribution < 1.29 is 32.2 Å². The highest BCUT2D eigenvalue weighted by Gasteiger charge is 2.52. The Bertz CT molecular complexity index is 1020. The number of rotatable bonds is 3. The Balaban J connectivity index is 1.33. The number of nitrogens with zero attached hydrogens (tertiary/aromatic N) is 2. The Kier molecular flexibility index (Phi) is 5.96. The predicted octanol–water partition coefficient (Wildman–Crippen LogP) is 3.33. The molecule has 184 valence electrons. The van der Waals surface area contributed by atoms with E-state index in [1.807, 2.05) is 0 Å². The first kappa shape index (κ1) is 23.4. The van der Waals surface area contributed by atoms with Crippen LogP contribution in [0.15, 0.2) is 29.3 Å². The number of amides is 1. The lowest BCUT2D eigenvalue weighted by atomic mass is 9.82. The van der Waals surface area contributed by atoms with E-state index in [2.05, 4.69) is 4.90 Å². The Labute approximate surface area is 196 Å². The van der Waals surface area contributed by atoms with E-state index in [9.17, 15) is 22.8 Å². The number of alkyl halides is 3. The molecule has 4 heterocycles. The number of esters is 1. The van der Waals surface area contributed by atoms with Gasteiger partial charge >= 0.3 is 12.1 Å². The van der Waals surface area contributed by atoms with Crippen molar-refractivity contribution >= 4 is 11.9 Å². The number of carbonyl (C=O) groups is 2. The van der Waals surface area contributed by atoms with Crippen molar-refractivity contribution in [1.82, 2.24) is 9.80 Å². The highest BCUT2D eigenvalue weighted by molar-refractivity contribution is 6.07. The third-order valence-electron chi connectivity index (χ3n) is 7.68. The predicted molar refractivity (Wildman–Crippen MR) is 117 cm³/mol. The maximum absolute atomic E-state index is 13.7. The first-order valence-electron chi connectivity index (χ1n) is 11.9. The van der Waals surface area contributed by atoms with Crippen LogP contribution < -0.4 is 0 Å². The number of piperidine rings is 1. The van der Waals surface area contributed by atoms with Crippen LogP contribution in [0.3, 0.4) is 0 Å². The number of hydrogen-bond donors (Lipinski definition) is 0. The zero-order valence-corrected chi connectivity index (χ0v) is 19.2. The molecule has 2 saturated heterocycles. The van der Waals surface area contributed by atoms with Crippen molar-refractivity contribution in [2.24, 2.45) is 5.92 Å². The molecule has 2 fully saturated rings. The van der Waals surface area contributed by atoms with E-state index in [0.717, 1.165) is 43.9 Å². The van der Waals surface area contributed by atoms with Gasteiger partial charge in [0.05, 0.1) is 17.7 Å². The Morgan fingerprint density at radius 1 is 1.18 bits per heavy atom. The molecular weight excluding hydrogens is 449 g/mol. The lowest BCUT2D eigenvalue weighted by molar-refractivity contribution is -0.151. The van der Waals surface area contributed by atoms with E-state index in [4.69, 9.17) is 9.47 Å². The van der Waals surface area contributed by atoms with Crippen LogP contribution in [0.25, 0.3) is 0 Å². The van der Waals surface area contributed by atoms with Crippen LogP contribution in [0.5, 0.6) is 0 Å². The number of carbonyl (C=O) groups excluding carboxylic acids is 2. The van der Waals surface area contributed by atoms with Crippen molar-refractivity contribution in [3.8, 4) is 0 Å². The molecular formula is C25H29F3N2O4. The van der Waals surface area contributed by atoms with Gasteiger partial charge < -0.3 is 19.3 Å². The molecule has 0 saturated carbocycles. The molecule has 5 rings (SSSR count). The second-order valence-corrected chi connectivity index (χ2v) is 9.87. The van der Waals surface area contributed by atoms with Crippen molar-refractivity contribution in [3.05, 3.63) is 46.0 Å². The van der Waals surface area contributed by atoms with Crippen LogP contribution in [0, 0.1) is 5.92 Å². The van der Waals surface area contributed by atoms with Crippen LogP contribution in [0.1, 0.15) is 42.9 Å². The second-order valence-electron chi connectivity index (χ2n) is 9.87. The van der Waals surface area contributed by atoms with Gasteiger partial charge in [-0.3, -0.25) is 4.79 Å². The van der Waals surface area contributed by atoms with E-state index >= 15 is 0 Å².